The maximum absolute atomic E-state index is 5.55. The summed E-state index contributed by atoms with van der Waals surface area (Å²) in [6, 6.07) is 15.5. The van der Waals surface area contributed by atoms with Crippen LogP contribution in [0.2, 0.25) is 0 Å². The van der Waals surface area contributed by atoms with E-state index >= 15 is 0 Å². The number of benzene rings is 2. The third-order valence-electron chi connectivity index (χ3n) is 4.23. The van der Waals surface area contributed by atoms with E-state index in [-0.39, 0.29) is 0 Å². The van der Waals surface area contributed by atoms with Crippen LogP contribution in [0.1, 0.15) is 18.5 Å². The molecule has 0 N–H and O–H groups in total. The van der Waals surface area contributed by atoms with Crippen LogP contribution in [0.4, 0.5) is 5.69 Å². The molecule has 0 saturated carbocycles. The molecule has 0 aliphatic carbocycles. The smallest absolute Gasteiger partial charge is 0.231 e. The molecule has 2 heterocycles. The van der Waals surface area contributed by atoms with E-state index < -0.39 is 0 Å². The maximum Gasteiger partial charge on any atom is 0.231 e. The highest BCUT2D eigenvalue weighted by atomic mass is 79.9. The molecule has 2 aliphatic heterocycles. The summed E-state index contributed by atoms with van der Waals surface area (Å²) in [6.45, 7) is 2.55. The van der Waals surface area contributed by atoms with Crippen LogP contribution in [0.5, 0.6) is 11.5 Å². The number of halogens is 1. The van der Waals surface area contributed by atoms with Crippen LogP contribution in [-0.2, 0) is 0 Å². The molecule has 23 heavy (non-hydrogen) atoms. The molecule has 119 valence electrons. The van der Waals surface area contributed by atoms with Gasteiger partial charge in [-0.2, -0.15) is 11.8 Å². The number of ether oxygens (including phenoxy) is 2. The Kier molecular flexibility index (Phi) is 4.16. The minimum absolute atomic E-state index is 0.312. The summed E-state index contributed by atoms with van der Waals surface area (Å²) < 4.78 is 12.1. The lowest BCUT2D eigenvalue weighted by atomic mass is 10.0. The SMILES string of the molecule is CC1[CH]SCC(c2ccc(Br)cc2)N1c1ccc2c(c1)OCO2. The van der Waals surface area contributed by atoms with Crippen LogP contribution in [0.15, 0.2) is 46.9 Å². The molecule has 0 spiro atoms. The van der Waals surface area contributed by atoms with E-state index in [1.165, 1.54) is 11.3 Å². The second kappa shape index (κ2) is 6.29. The monoisotopic (exact) mass is 390 g/mol. The first-order valence-corrected chi connectivity index (χ1v) is 9.45. The number of hydrogen-bond donors (Lipinski definition) is 0. The Hall–Kier alpha value is -1.33. The number of thioether (sulfide) groups is 1. The molecule has 2 atom stereocenters. The summed E-state index contributed by atoms with van der Waals surface area (Å²) in [7, 11) is 0. The Balaban J connectivity index is 1.71. The number of anilines is 1. The zero-order valence-corrected chi connectivity index (χ0v) is 15.1. The van der Waals surface area contributed by atoms with Crippen molar-refractivity contribution in [2.75, 3.05) is 17.4 Å². The normalized spacial score (nSPS) is 23.1. The van der Waals surface area contributed by atoms with Crippen molar-refractivity contribution in [1.82, 2.24) is 0 Å². The zero-order valence-electron chi connectivity index (χ0n) is 12.7. The quantitative estimate of drug-likeness (QED) is 0.717. The van der Waals surface area contributed by atoms with Gasteiger partial charge in [-0.1, -0.05) is 28.1 Å². The molecule has 3 nitrogen and oxygen atoms in total. The minimum Gasteiger partial charge on any atom is -0.454 e. The van der Waals surface area contributed by atoms with Gasteiger partial charge in [-0.3, -0.25) is 0 Å². The third-order valence-corrected chi connectivity index (χ3v) is 5.85. The lowest BCUT2D eigenvalue weighted by Crippen LogP contribution is -2.41. The van der Waals surface area contributed by atoms with E-state index in [2.05, 4.69) is 69.9 Å². The van der Waals surface area contributed by atoms with Crippen molar-refractivity contribution < 1.29 is 9.47 Å². The summed E-state index contributed by atoms with van der Waals surface area (Å²) >= 11 is 5.42. The Morgan fingerprint density at radius 3 is 2.70 bits per heavy atom. The van der Waals surface area contributed by atoms with E-state index in [1.807, 2.05) is 17.8 Å². The van der Waals surface area contributed by atoms with Gasteiger partial charge in [0.1, 0.15) is 0 Å². The zero-order chi connectivity index (χ0) is 15.8. The lowest BCUT2D eigenvalue weighted by molar-refractivity contribution is 0.174. The van der Waals surface area contributed by atoms with Crippen LogP contribution in [0, 0.1) is 5.75 Å². The first kappa shape index (κ1) is 15.2. The van der Waals surface area contributed by atoms with Crippen molar-refractivity contribution in [1.29, 1.82) is 0 Å². The topological polar surface area (TPSA) is 21.7 Å². The molecule has 0 amide bonds. The number of rotatable bonds is 2. The molecular formula is C18H17BrNO2S. The summed E-state index contributed by atoms with van der Waals surface area (Å²) in [5.41, 5.74) is 2.50. The molecule has 2 aromatic carbocycles. The Bertz CT molecular complexity index is 707. The fourth-order valence-electron chi connectivity index (χ4n) is 3.12. The van der Waals surface area contributed by atoms with Crippen LogP contribution < -0.4 is 14.4 Å². The van der Waals surface area contributed by atoms with E-state index in [0.717, 1.165) is 21.7 Å². The van der Waals surface area contributed by atoms with Crippen LogP contribution >= 0.6 is 27.7 Å². The molecule has 1 fully saturated rings. The van der Waals surface area contributed by atoms with Crippen LogP contribution in [0.25, 0.3) is 0 Å². The highest BCUT2D eigenvalue weighted by Gasteiger charge is 2.31. The van der Waals surface area contributed by atoms with Gasteiger partial charge in [0.2, 0.25) is 6.79 Å². The second-order valence-corrected chi connectivity index (χ2v) is 7.58. The summed E-state index contributed by atoms with van der Waals surface area (Å²) in [5.74, 6) is 5.01. The third kappa shape index (κ3) is 2.92. The first-order valence-electron chi connectivity index (χ1n) is 7.61. The fourth-order valence-corrected chi connectivity index (χ4v) is 4.44. The first-order chi connectivity index (χ1) is 11.2. The predicted octanol–water partition coefficient (Wildman–Crippen LogP) is 5.02. The molecule has 0 bridgehead atoms. The number of fused-ring (bicyclic) bond motifs is 1. The van der Waals surface area contributed by atoms with Crippen molar-refractivity contribution in [2.45, 2.75) is 19.0 Å². The second-order valence-electron chi connectivity index (χ2n) is 5.72. The van der Waals surface area contributed by atoms with Crippen molar-refractivity contribution in [3.8, 4) is 11.5 Å². The standard InChI is InChI=1S/C18H17BrNO2S/c1-12-9-23-10-16(13-2-4-14(19)5-3-13)20(12)15-6-7-17-18(8-15)22-11-21-17/h2-9,12,16H,10-11H2,1H3. The highest BCUT2D eigenvalue weighted by molar-refractivity contribution is 9.10. The molecule has 1 saturated heterocycles. The van der Waals surface area contributed by atoms with Gasteiger partial charge < -0.3 is 14.4 Å². The number of nitrogens with zero attached hydrogens (tertiary/aromatic N) is 1. The Morgan fingerprint density at radius 1 is 1.09 bits per heavy atom. The molecule has 0 aromatic heterocycles. The average Bonchev–Trinajstić information content (AvgIpc) is 3.03. The van der Waals surface area contributed by atoms with E-state index in [4.69, 9.17) is 9.47 Å². The minimum atomic E-state index is 0.312. The van der Waals surface area contributed by atoms with Gasteiger partial charge in [0.25, 0.3) is 0 Å². The molecule has 4 rings (SSSR count). The fraction of sp³-hybridized carbons (Fsp3) is 0.278. The molecule has 5 heteroatoms. The van der Waals surface area contributed by atoms with Crippen molar-refractivity contribution >= 4 is 33.4 Å². The molecular weight excluding hydrogens is 374 g/mol. The van der Waals surface area contributed by atoms with Gasteiger partial charge in [0.05, 0.1) is 6.04 Å². The van der Waals surface area contributed by atoms with E-state index in [9.17, 15) is 0 Å². The largest absolute Gasteiger partial charge is 0.454 e. The Morgan fingerprint density at radius 2 is 1.87 bits per heavy atom. The van der Waals surface area contributed by atoms with Gasteiger partial charge in [0, 0.05) is 33.8 Å². The Labute approximate surface area is 149 Å². The molecule has 2 aliphatic rings. The van der Waals surface area contributed by atoms with Crippen LogP contribution in [0.3, 0.4) is 0 Å². The van der Waals surface area contributed by atoms with Gasteiger partial charge >= 0.3 is 0 Å². The van der Waals surface area contributed by atoms with Gasteiger partial charge in [-0.05, 0) is 36.8 Å². The number of hydrogen-bond acceptors (Lipinski definition) is 4. The molecule has 2 aromatic rings. The summed E-state index contributed by atoms with van der Waals surface area (Å²) in [5, 5.41) is 0. The lowest BCUT2D eigenvalue weighted by Gasteiger charge is -2.42. The summed E-state index contributed by atoms with van der Waals surface area (Å²) in [6.07, 6.45) is 0. The maximum atomic E-state index is 5.55. The van der Waals surface area contributed by atoms with E-state index in [1.54, 1.807) is 0 Å². The highest BCUT2D eigenvalue weighted by Crippen LogP contribution is 2.42. The average molecular weight is 391 g/mol. The van der Waals surface area contributed by atoms with E-state index in [0.29, 0.717) is 18.9 Å². The van der Waals surface area contributed by atoms with Crippen molar-refractivity contribution in [3.63, 3.8) is 0 Å². The molecule has 1 radical (unpaired) electrons. The van der Waals surface area contributed by atoms with Crippen molar-refractivity contribution in [3.05, 3.63) is 58.3 Å². The van der Waals surface area contributed by atoms with Crippen LogP contribution in [-0.4, -0.2) is 18.6 Å². The van der Waals surface area contributed by atoms with Gasteiger partial charge in [0.15, 0.2) is 11.5 Å². The van der Waals surface area contributed by atoms with Gasteiger partial charge in [-0.25, -0.2) is 0 Å². The van der Waals surface area contributed by atoms with Gasteiger partial charge in [-0.15, -0.1) is 0 Å². The predicted molar refractivity (Wildman–Crippen MR) is 98.1 cm³/mol. The van der Waals surface area contributed by atoms with Crippen molar-refractivity contribution in [2.24, 2.45) is 0 Å². The molecule has 2 unspecified atom stereocenters. The summed E-state index contributed by atoms with van der Waals surface area (Å²) in [4.78, 5) is 2.46.